The van der Waals surface area contributed by atoms with E-state index in [-0.39, 0.29) is 29.5 Å². The maximum absolute atomic E-state index is 13.5. The van der Waals surface area contributed by atoms with Gasteiger partial charge in [0.25, 0.3) is 11.7 Å². The van der Waals surface area contributed by atoms with Crippen molar-refractivity contribution >= 4 is 23.4 Å². The zero-order valence-corrected chi connectivity index (χ0v) is 22.5. The number of benzene rings is 3. The van der Waals surface area contributed by atoms with Crippen LogP contribution in [0.3, 0.4) is 0 Å². The number of likely N-dealkylation sites (tertiary alicyclic amines) is 1. The number of esters is 1. The van der Waals surface area contributed by atoms with E-state index in [9.17, 15) is 24.6 Å². The highest BCUT2D eigenvalue weighted by atomic mass is 16.5. The van der Waals surface area contributed by atoms with E-state index >= 15 is 0 Å². The minimum atomic E-state index is -0.957. The molecule has 1 aliphatic rings. The summed E-state index contributed by atoms with van der Waals surface area (Å²) in [6, 6.07) is 15.4. The Morgan fingerprint density at radius 3 is 2.31 bits per heavy atom. The Morgan fingerprint density at radius 1 is 1.03 bits per heavy atom. The lowest BCUT2D eigenvalue weighted by Gasteiger charge is -2.26. The fourth-order valence-electron chi connectivity index (χ4n) is 4.87. The van der Waals surface area contributed by atoms with Crippen LogP contribution in [-0.4, -0.2) is 47.0 Å². The monoisotopic (exact) mass is 529 g/mol. The second-order valence-electron chi connectivity index (χ2n) is 9.77. The number of aryl methyl sites for hydroxylation is 1. The molecule has 0 aromatic heterocycles. The Bertz CT molecular complexity index is 1470. The highest BCUT2D eigenvalue weighted by molar-refractivity contribution is 6.46. The lowest BCUT2D eigenvalue weighted by Crippen LogP contribution is -2.29. The van der Waals surface area contributed by atoms with Crippen LogP contribution in [-0.2, 0) is 20.9 Å². The Balaban J connectivity index is 1.87. The number of carbonyl (C=O) groups is 3. The molecule has 3 aromatic rings. The summed E-state index contributed by atoms with van der Waals surface area (Å²) in [5, 5.41) is 21.8. The maximum atomic E-state index is 13.5. The molecule has 4 rings (SSSR count). The summed E-state index contributed by atoms with van der Waals surface area (Å²) in [7, 11) is 2.87. The molecule has 2 N–H and O–H groups in total. The molecular weight excluding hydrogens is 498 g/mol. The lowest BCUT2D eigenvalue weighted by atomic mass is 9.91. The molecule has 0 bridgehead atoms. The summed E-state index contributed by atoms with van der Waals surface area (Å²) >= 11 is 0. The average molecular weight is 530 g/mol. The number of carbonyl (C=O) groups excluding carboxylic acids is 3. The van der Waals surface area contributed by atoms with Gasteiger partial charge in [-0.3, -0.25) is 9.59 Å². The molecule has 39 heavy (non-hydrogen) atoms. The number of hydrogen-bond acceptors (Lipinski definition) is 7. The first-order valence-corrected chi connectivity index (χ1v) is 12.5. The van der Waals surface area contributed by atoms with Crippen molar-refractivity contribution in [1.29, 1.82) is 0 Å². The molecule has 1 saturated heterocycles. The number of aromatic hydroxyl groups is 1. The van der Waals surface area contributed by atoms with Crippen molar-refractivity contribution in [2.45, 2.75) is 39.3 Å². The van der Waals surface area contributed by atoms with Gasteiger partial charge in [0.15, 0.2) is 0 Å². The number of amides is 1. The number of rotatable bonds is 7. The molecule has 1 fully saturated rings. The first kappa shape index (κ1) is 27.4. The van der Waals surface area contributed by atoms with Crippen molar-refractivity contribution in [2.75, 3.05) is 14.2 Å². The van der Waals surface area contributed by atoms with Crippen molar-refractivity contribution in [2.24, 2.45) is 0 Å². The van der Waals surface area contributed by atoms with E-state index in [1.165, 1.54) is 24.1 Å². The van der Waals surface area contributed by atoms with E-state index in [4.69, 9.17) is 9.47 Å². The Kier molecular flexibility index (Phi) is 7.76. The van der Waals surface area contributed by atoms with Crippen LogP contribution in [0.15, 0.2) is 66.2 Å². The van der Waals surface area contributed by atoms with Crippen LogP contribution in [0.1, 0.15) is 64.0 Å². The van der Waals surface area contributed by atoms with E-state index in [1.807, 2.05) is 13.8 Å². The maximum Gasteiger partial charge on any atom is 0.337 e. The van der Waals surface area contributed by atoms with Crippen LogP contribution in [0, 0.1) is 6.92 Å². The minimum Gasteiger partial charge on any atom is -0.508 e. The largest absolute Gasteiger partial charge is 0.508 e. The van der Waals surface area contributed by atoms with E-state index < -0.39 is 23.7 Å². The summed E-state index contributed by atoms with van der Waals surface area (Å²) in [6.45, 7) is 5.81. The highest BCUT2D eigenvalue weighted by Crippen LogP contribution is 2.42. The van der Waals surface area contributed by atoms with Crippen LogP contribution >= 0.6 is 0 Å². The van der Waals surface area contributed by atoms with Crippen molar-refractivity contribution < 1.29 is 34.1 Å². The molecular formula is C31H31NO7. The Hall–Kier alpha value is -4.59. The van der Waals surface area contributed by atoms with Crippen LogP contribution < -0.4 is 4.74 Å². The number of phenols is 1. The van der Waals surface area contributed by atoms with Gasteiger partial charge in [0.2, 0.25) is 0 Å². The fourth-order valence-corrected chi connectivity index (χ4v) is 4.87. The molecule has 1 amide bonds. The molecule has 0 spiro atoms. The predicted molar refractivity (Wildman–Crippen MR) is 146 cm³/mol. The number of methoxy groups -OCH3 is 2. The number of aliphatic hydroxyl groups excluding tert-OH is 1. The van der Waals surface area contributed by atoms with Crippen LogP contribution in [0.25, 0.3) is 5.76 Å². The average Bonchev–Trinajstić information content (AvgIpc) is 3.17. The van der Waals surface area contributed by atoms with Gasteiger partial charge in [0.05, 0.1) is 31.4 Å². The number of ketones is 1. The summed E-state index contributed by atoms with van der Waals surface area (Å²) in [5.74, 6) is -1.69. The second-order valence-corrected chi connectivity index (χ2v) is 9.77. The summed E-state index contributed by atoms with van der Waals surface area (Å²) < 4.78 is 10.3. The van der Waals surface area contributed by atoms with Gasteiger partial charge in [-0.2, -0.15) is 0 Å². The van der Waals surface area contributed by atoms with Gasteiger partial charge in [0, 0.05) is 12.1 Å². The lowest BCUT2D eigenvalue weighted by molar-refractivity contribution is -0.140. The number of Topliss-reactive ketones (excluding diaryl/α,β-unsaturated/α-hetero) is 1. The van der Waals surface area contributed by atoms with E-state index in [0.29, 0.717) is 33.6 Å². The smallest absolute Gasteiger partial charge is 0.337 e. The topological polar surface area (TPSA) is 113 Å². The van der Waals surface area contributed by atoms with Gasteiger partial charge >= 0.3 is 5.97 Å². The Labute approximate surface area is 227 Å². The molecule has 1 heterocycles. The third-order valence-electron chi connectivity index (χ3n) is 6.91. The number of aliphatic hydroxyl groups is 1. The second kappa shape index (κ2) is 11.0. The normalized spacial score (nSPS) is 16.6. The summed E-state index contributed by atoms with van der Waals surface area (Å²) in [4.78, 5) is 40.0. The van der Waals surface area contributed by atoms with Crippen molar-refractivity contribution in [3.63, 3.8) is 0 Å². The summed E-state index contributed by atoms with van der Waals surface area (Å²) in [6.07, 6.45) is 0. The minimum absolute atomic E-state index is 0.0297. The molecule has 1 aliphatic heterocycles. The van der Waals surface area contributed by atoms with Crippen molar-refractivity contribution in [3.05, 3.63) is 99.6 Å². The van der Waals surface area contributed by atoms with E-state index in [0.717, 1.165) is 5.56 Å². The van der Waals surface area contributed by atoms with E-state index in [2.05, 4.69) is 0 Å². The van der Waals surface area contributed by atoms with Gasteiger partial charge in [-0.05, 0) is 71.5 Å². The first-order chi connectivity index (χ1) is 18.6. The van der Waals surface area contributed by atoms with Gasteiger partial charge < -0.3 is 24.6 Å². The van der Waals surface area contributed by atoms with Gasteiger partial charge in [0.1, 0.15) is 17.3 Å². The standard InChI is InChI=1S/C31H31NO7/c1-17(2)23-15-24(18(3)13-25(23)38-4)28(34)26-27(21-7-6-8-22(33)14-21)32(30(36)29(26)35)16-19-9-11-20(12-10-19)31(37)39-5/h6-15,17,27,33-34H,16H2,1-5H3/b28-26+. The molecule has 0 radical (unpaired) electrons. The molecule has 0 saturated carbocycles. The van der Waals surface area contributed by atoms with Crippen LogP contribution in [0.5, 0.6) is 11.5 Å². The van der Waals surface area contributed by atoms with Gasteiger partial charge in [-0.15, -0.1) is 0 Å². The molecule has 1 unspecified atom stereocenters. The molecule has 3 aromatic carbocycles. The number of hydrogen-bond donors (Lipinski definition) is 2. The third kappa shape index (κ3) is 5.23. The van der Waals surface area contributed by atoms with Crippen LogP contribution in [0.2, 0.25) is 0 Å². The number of nitrogens with zero attached hydrogens (tertiary/aromatic N) is 1. The quantitative estimate of drug-likeness (QED) is 0.186. The number of ether oxygens (including phenoxy) is 2. The molecule has 1 atom stereocenters. The van der Waals surface area contributed by atoms with Crippen LogP contribution in [0.4, 0.5) is 0 Å². The summed E-state index contributed by atoms with van der Waals surface area (Å²) in [5.41, 5.74) is 3.36. The SMILES string of the molecule is COC(=O)c1ccc(CN2C(=O)C(=O)/C(=C(/O)c3cc(C(C)C)c(OC)cc3C)C2c2cccc(O)c2)cc1. The zero-order chi connectivity index (χ0) is 28.4. The van der Waals surface area contributed by atoms with Crippen molar-refractivity contribution in [3.8, 4) is 11.5 Å². The van der Waals surface area contributed by atoms with E-state index in [1.54, 1.807) is 62.6 Å². The molecule has 8 heteroatoms. The zero-order valence-electron chi connectivity index (χ0n) is 22.5. The predicted octanol–water partition coefficient (Wildman–Crippen LogP) is 5.24. The van der Waals surface area contributed by atoms with Crippen molar-refractivity contribution in [1.82, 2.24) is 4.90 Å². The van der Waals surface area contributed by atoms with Gasteiger partial charge in [-0.1, -0.05) is 38.1 Å². The molecule has 0 aliphatic carbocycles. The molecule has 202 valence electrons. The number of phenolic OH excluding ortho intramolecular Hbond substituents is 1. The first-order valence-electron chi connectivity index (χ1n) is 12.5. The third-order valence-corrected chi connectivity index (χ3v) is 6.91. The Morgan fingerprint density at radius 2 is 1.72 bits per heavy atom. The fraction of sp³-hybridized carbons (Fsp3) is 0.258. The molecule has 8 nitrogen and oxygen atoms in total. The van der Waals surface area contributed by atoms with Gasteiger partial charge in [-0.25, -0.2) is 4.79 Å². The highest BCUT2D eigenvalue weighted by Gasteiger charge is 2.46.